The van der Waals surface area contributed by atoms with E-state index in [1.54, 1.807) is 12.1 Å². The number of anilines is 2. The maximum atomic E-state index is 12.5. The van der Waals surface area contributed by atoms with Crippen LogP contribution < -0.4 is 10.6 Å². The highest BCUT2D eigenvalue weighted by atomic mass is 32.1. The van der Waals surface area contributed by atoms with E-state index in [4.69, 9.17) is 0 Å². The van der Waals surface area contributed by atoms with Gasteiger partial charge >= 0.3 is 0 Å². The lowest BCUT2D eigenvalue weighted by Crippen LogP contribution is -2.18. The lowest BCUT2D eigenvalue weighted by molar-refractivity contribution is -0.117. The highest BCUT2D eigenvalue weighted by molar-refractivity contribution is 7.18. The third-order valence-electron chi connectivity index (χ3n) is 4.70. The molecule has 6 nitrogen and oxygen atoms in total. The lowest BCUT2D eigenvalue weighted by atomic mass is 9.85. The normalized spacial score (nSPS) is 13.9. The summed E-state index contributed by atoms with van der Waals surface area (Å²) in [5, 5.41) is 16.1. The Morgan fingerprint density at radius 2 is 1.75 bits per heavy atom. The van der Waals surface area contributed by atoms with Crippen molar-refractivity contribution in [1.82, 2.24) is 10.2 Å². The van der Waals surface area contributed by atoms with Crippen LogP contribution in [0.1, 0.15) is 46.9 Å². The van der Waals surface area contributed by atoms with E-state index in [0.717, 1.165) is 23.4 Å². The van der Waals surface area contributed by atoms with E-state index in [2.05, 4.69) is 46.8 Å². The molecule has 144 valence electrons. The number of thiophene rings is 1. The van der Waals surface area contributed by atoms with Gasteiger partial charge in [0.25, 0.3) is 5.91 Å². The standard InChI is InChI=1S/C20H20N4O2S2/c1-20(2,13-6-4-3-5-7-13)18-23-24-19(28-18)22-17(26)14-10-11-15(27-14)21-16(25)12-8-9-12/h3-7,10-12H,8-9H2,1-2H3,(H,21,25)(H,22,24,26). The molecule has 3 aromatic rings. The molecule has 1 aliphatic rings. The lowest BCUT2D eigenvalue weighted by Gasteiger charge is -2.21. The first-order valence-electron chi connectivity index (χ1n) is 9.05. The van der Waals surface area contributed by atoms with Crippen molar-refractivity contribution in [2.75, 3.05) is 10.6 Å². The Labute approximate surface area is 171 Å². The van der Waals surface area contributed by atoms with Crippen molar-refractivity contribution in [2.45, 2.75) is 32.1 Å². The van der Waals surface area contributed by atoms with Crippen molar-refractivity contribution in [3.05, 3.63) is 57.9 Å². The Kier molecular flexibility index (Phi) is 4.99. The Bertz CT molecular complexity index is 1010. The Morgan fingerprint density at radius 3 is 2.46 bits per heavy atom. The fourth-order valence-electron chi connectivity index (χ4n) is 2.76. The van der Waals surface area contributed by atoms with E-state index in [-0.39, 0.29) is 23.1 Å². The van der Waals surface area contributed by atoms with Crippen molar-refractivity contribution in [3.8, 4) is 0 Å². The molecule has 4 rings (SSSR count). The summed E-state index contributed by atoms with van der Waals surface area (Å²) in [6.45, 7) is 4.17. The van der Waals surface area contributed by atoms with E-state index >= 15 is 0 Å². The number of carbonyl (C=O) groups is 2. The molecule has 1 aromatic carbocycles. The first-order chi connectivity index (χ1) is 13.4. The predicted octanol–water partition coefficient (Wildman–Crippen LogP) is 4.53. The summed E-state index contributed by atoms with van der Waals surface area (Å²) in [5.41, 5.74) is 0.837. The van der Waals surface area contributed by atoms with E-state index in [1.165, 1.54) is 22.7 Å². The van der Waals surface area contributed by atoms with Crippen molar-refractivity contribution in [3.63, 3.8) is 0 Å². The number of hydrogen-bond donors (Lipinski definition) is 2. The van der Waals surface area contributed by atoms with Gasteiger partial charge in [-0.15, -0.1) is 21.5 Å². The molecule has 0 spiro atoms. The van der Waals surface area contributed by atoms with Crippen LogP contribution in [0.4, 0.5) is 10.1 Å². The molecule has 2 aromatic heterocycles. The van der Waals surface area contributed by atoms with Gasteiger partial charge in [-0.1, -0.05) is 41.7 Å². The molecule has 0 atom stereocenters. The van der Waals surface area contributed by atoms with E-state index in [1.807, 2.05) is 18.2 Å². The summed E-state index contributed by atoms with van der Waals surface area (Å²) >= 11 is 2.62. The zero-order valence-electron chi connectivity index (χ0n) is 15.6. The van der Waals surface area contributed by atoms with Crippen LogP contribution in [0, 0.1) is 5.92 Å². The molecule has 0 saturated heterocycles. The zero-order valence-corrected chi connectivity index (χ0v) is 17.2. The van der Waals surface area contributed by atoms with Gasteiger partial charge in [-0.25, -0.2) is 0 Å². The van der Waals surface area contributed by atoms with Gasteiger partial charge in [0.2, 0.25) is 11.0 Å². The average molecular weight is 413 g/mol. The van der Waals surface area contributed by atoms with Crippen LogP contribution >= 0.6 is 22.7 Å². The second-order valence-electron chi connectivity index (χ2n) is 7.28. The van der Waals surface area contributed by atoms with Crippen molar-refractivity contribution >= 4 is 44.6 Å². The second kappa shape index (κ2) is 7.44. The molecule has 8 heteroatoms. The highest BCUT2D eigenvalue weighted by Gasteiger charge is 2.30. The third kappa shape index (κ3) is 3.98. The molecule has 28 heavy (non-hydrogen) atoms. The Morgan fingerprint density at radius 1 is 1.00 bits per heavy atom. The molecule has 0 aliphatic heterocycles. The van der Waals surface area contributed by atoms with Crippen LogP contribution in [-0.4, -0.2) is 22.0 Å². The summed E-state index contributed by atoms with van der Waals surface area (Å²) in [4.78, 5) is 24.9. The van der Waals surface area contributed by atoms with Gasteiger partial charge < -0.3 is 5.32 Å². The Balaban J connectivity index is 1.43. The minimum Gasteiger partial charge on any atom is -0.317 e. The first kappa shape index (κ1) is 18.8. The number of aromatic nitrogens is 2. The number of hydrogen-bond acceptors (Lipinski definition) is 6. The summed E-state index contributed by atoms with van der Waals surface area (Å²) in [5.74, 6) is -0.0879. The fourth-order valence-corrected chi connectivity index (χ4v) is 4.43. The summed E-state index contributed by atoms with van der Waals surface area (Å²) < 4.78 is 0. The van der Waals surface area contributed by atoms with Crippen LogP contribution in [0.2, 0.25) is 0 Å². The van der Waals surface area contributed by atoms with E-state index in [0.29, 0.717) is 15.0 Å². The molecule has 1 fully saturated rings. The quantitative estimate of drug-likeness (QED) is 0.623. The van der Waals surface area contributed by atoms with Crippen molar-refractivity contribution < 1.29 is 9.59 Å². The van der Waals surface area contributed by atoms with Gasteiger partial charge in [0, 0.05) is 11.3 Å². The molecular formula is C20H20N4O2S2. The summed E-state index contributed by atoms with van der Waals surface area (Å²) in [6, 6.07) is 13.6. The second-order valence-corrected chi connectivity index (χ2v) is 9.35. The number of nitrogens with one attached hydrogen (secondary N) is 2. The molecule has 1 saturated carbocycles. The van der Waals surface area contributed by atoms with Crippen molar-refractivity contribution in [2.24, 2.45) is 5.92 Å². The number of rotatable bonds is 6. The summed E-state index contributed by atoms with van der Waals surface area (Å²) in [7, 11) is 0. The summed E-state index contributed by atoms with van der Waals surface area (Å²) in [6.07, 6.45) is 1.90. The van der Waals surface area contributed by atoms with Gasteiger partial charge in [-0.2, -0.15) is 0 Å². The monoisotopic (exact) mass is 412 g/mol. The third-order valence-corrected chi connectivity index (χ3v) is 6.86. The van der Waals surface area contributed by atoms with E-state index in [9.17, 15) is 9.59 Å². The largest absolute Gasteiger partial charge is 0.317 e. The topological polar surface area (TPSA) is 84.0 Å². The molecule has 2 amide bonds. The maximum Gasteiger partial charge on any atom is 0.267 e. The molecule has 0 bridgehead atoms. The van der Waals surface area contributed by atoms with Gasteiger partial charge in [-0.05, 0) is 44.4 Å². The van der Waals surface area contributed by atoms with Gasteiger partial charge in [0.1, 0.15) is 5.01 Å². The molecule has 2 N–H and O–H groups in total. The highest BCUT2D eigenvalue weighted by Crippen LogP contribution is 2.35. The van der Waals surface area contributed by atoms with Crippen LogP contribution in [-0.2, 0) is 10.2 Å². The molecule has 0 unspecified atom stereocenters. The molecule has 2 heterocycles. The minimum atomic E-state index is -0.300. The van der Waals surface area contributed by atoms with E-state index < -0.39 is 0 Å². The first-order valence-corrected chi connectivity index (χ1v) is 10.7. The average Bonchev–Trinajstić information content (AvgIpc) is 3.26. The number of nitrogens with zero attached hydrogens (tertiary/aromatic N) is 2. The zero-order chi connectivity index (χ0) is 19.7. The van der Waals surface area contributed by atoms with Crippen LogP contribution in [0.5, 0.6) is 0 Å². The maximum absolute atomic E-state index is 12.5. The SMILES string of the molecule is CC(C)(c1ccccc1)c1nnc(NC(=O)c2ccc(NC(=O)C3CC3)s2)s1. The number of amides is 2. The Hall–Kier alpha value is -2.58. The van der Waals surface area contributed by atoms with Crippen LogP contribution in [0.15, 0.2) is 42.5 Å². The van der Waals surface area contributed by atoms with Gasteiger partial charge in [-0.3, -0.25) is 14.9 Å². The minimum absolute atomic E-state index is 0.0331. The van der Waals surface area contributed by atoms with Gasteiger partial charge in [0.15, 0.2) is 0 Å². The van der Waals surface area contributed by atoms with Crippen LogP contribution in [0.3, 0.4) is 0 Å². The number of carbonyl (C=O) groups excluding carboxylic acids is 2. The molecular weight excluding hydrogens is 392 g/mol. The van der Waals surface area contributed by atoms with Crippen LogP contribution in [0.25, 0.3) is 0 Å². The van der Waals surface area contributed by atoms with Gasteiger partial charge in [0.05, 0.1) is 9.88 Å². The smallest absolute Gasteiger partial charge is 0.267 e. The molecule has 1 aliphatic carbocycles. The predicted molar refractivity (Wildman–Crippen MR) is 112 cm³/mol. The molecule has 0 radical (unpaired) electrons. The number of benzene rings is 1. The fraction of sp³-hybridized carbons (Fsp3) is 0.300. The van der Waals surface area contributed by atoms with Crippen molar-refractivity contribution in [1.29, 1.82) is 0 Å².